The molecule has 1 fully saturated rings. The van der Waals surface area contributed by atoms with E-state index >= 15 is 0 Å². The van der Waals surface area contributed by atoms with E-state index in [1.807, 2.05) is 0 Å². The first kappa shape index (κ1) is 20.3. The number of carbonyl (C=O) groups is 3. The van der Waals surface area contributed by atoms with E-state index in [1.165, 1.54) is 24.5 Å². The van der Waals surface area contributed by atoms with Crippen molar-refractivity contribution < 1.29 is 14.4 Å². The summed E-state index contributed by atoms with van der Waals surface area (Å²) in [6.45, 7) is 0.860. The van der Waals surface area contributed by atoms with E-state index in [0.717, 1.165) is 0 Å². The third-order valence-corrected chi connectivity index (χ3v) is 5.49. The van der Waals surface area contributed by atoms with Crippen molar-refractivity contribution in [3.05, 3.63) is 70.3 Å². The number of amides is 3. The van der Waals surface area contributed by atoms with Gasteiger partial charge in [-0.2, -0.15) is 0 Å². The molecule has 1 saturated heterocycles. The van der Waals surface area contributed by atoms with Gasteiger partial charge in [0.25, 0.3) is 17.4 Å². The van der Waals surface area contributed by atoms with Crippen molar-refractivity contribution in [3.8, 4) is 0 Å². The summed E-state index contributed by atoms with van der Waals surface area (Å²) in [6, 6.07) is 11.4. The molecule has 1 aromatic heterocycles. The third-order valence-electron chi connectivity index (χ3n) is 5.49. The number of nitrogens with zero attached hydrogens (tertiary/aromatic N) is 2. The number of para-hydroxylation sites is 1. The number of nitrogens with two attached hydrogens (primary N) is 1. The number of rotatable bonds is 4. The second-order valence-corrected chi connectivity index (χ2v) is 7.43. The summed E-state index contributed by atoms with van der Waals surface area (Å²) < 4.78 is 0. The number of aromatic amines is 1. The first-order chi connectivity index (χ1) is 14.9. The van der Waals surface area contributed by atoms with E-state index in [0.29, 0.717) is 53.6 Å². The smallest absolute Gasteiger partial charge is 0.258 e. The molecule has 0 unspecified atom stereocenters. The second-order valence-electron chi connectivity index (χ2n) is 7.43. The summed E-state index contributed by atoms with van der Waals surface area (Å²) in [7, 11) is 0. The number of likely N-dealkylation sites (tertiary alicyclic amines) is 1. The first-order valence-corrected chi connectivity index (χ1v) is 9.90. The molecule has 2 heterocycles. The summed E-state index contributed by atoms with van der Waals surface area (Å²) in [5, 5.41) is 3.16. The van der Waals surface area contributed by atoms with Gasteiger partial charge in [-0.1, -0.05) is 12.1 Å². The minimum Gasteiger partial charge on any atom is -0.369 e. The lowest BCUT2D eigenvalue weighted by Crippen LogP contribution is -2.42. The molecule has 158 valence electrons. The van der Waals surface area contributed by atoms with Crippen LogP contribution in [0, 0.1) is 5.92 Å². The van der Waals surface area contributed by atoms with Crippen molar-refractivity contribution in [2.45, 2.75) is 12.8 Å². The lowest BCUT2D eigenvalue weighted by Gasteiger charge is -2.31. The molecule has 0 bridgehead atoms. The van der Waals surface area contributed by atoms with Gasteiger partial charge >= 0.3 is 0 Å². The predicted molar refractivity (Wildman–Crippen MR) is 115 cm³/mol. The summed E-state index contributed by atoms with van der Waals surface area (Å²) in [4.78, 5) is 57.3. The molecule has 3 amide bonds. The number of hydrogen-bond donors (Lipinski definition) is 3. The monoisotopic (exact) mass is 419 g/mol. The molecule has 9 heteroatoms. The molecule has 31 heavy (non-hydrogen) atoms. The minimum atomic E-state index is -0.420. The van der Waals surface area contributed by atoms with Crippen LogP contribution >= 0.6 is 0 Å². The van der Waals surface area contributed by atoms with Gasteiger partial charge in [0.15, 0.2) is 0 Å². The summed E-state index contributed by atoms with van der Waals surface area (Å²) in [5.41, 5.74) is 6.54. The molecule has 4 rings (SSSR count). The molecular formula is C22H21N5O4. The van der Waals surface area contributed by atoms with E-state index in [4.69, 9.17) is 5.73 Å². The SMILES string of the molecule is NC(=O)C1CCN(C(=O)c2ccccc2NC(=O)c2ccc3c(=O)[nH]cnc3c2)CC1. The van der Waals surface area contributed by atoms with Crippen LogP contribution in [0.1, 0.15) is 33.6 Å². The number of carbonyl (C=O) groups excluding carboxylic acids is 3. The van der Waals surface area contributed by atoms with Gasteiger partial charge in [-0.05, 0) is 43.2 Å². The Balaban J connectivity index is 1.54. The fraction of sp³-hybridized carbons (Fsp3) is 0.227. The predicted octanol–water partition coefficient (Wildman–Crippen LogP) is 1.51. The standard InChI is InChI=1S/C22H21N5O4/c23-19(28)13-7-9-27(10-8-13)22(31)16-3-1-2-4-17(16)26-20(29)14-5-6-15-18(11-14)24-12-25-21(15)30/h1-6,11-13H,7-10H2,(H2,23,28)(H,26,29)(H,24,25,30). The molecule has 0 saturated carbocycles. The molecule has 0 atom stereocenters. The highest BCUT2D eigenvalue weighted by molar-refractivity contribution is 6.10. The Labute approximate surface area is 177 Å². The maximum absolute atomic E-state index is 13.0. The number of nitrogens with one attached hydrogen (secondary N) is 2. The van der Waals surface area contributed by atoms with Gasteiger partial charge in [0, 0.05) is 24.6 Å². The molecule has 0 radical (unpaired) electrons. The molecular weight excluding hydrogens is 398 g/mol. The van der Waals surface area contributed by atoms with Gasteiger partial charge < -0.3 is 20.9 Å². The zero-order valence-corrected chi connectivity index (χ0v) is 16.6. The van der Waals surface area contributed by atoms with E-state index in [-0.39, 0.29) is 23.3 Å². The van der Waals surface area contributed by atoms with Gasteiger partial charge in [-0.15, -0.1) is 0 Å². The van der Waals surface area contributed by atoms with Gasteiger partial charge in [-0.25, -0.2) is 4.98 Å². The average Bonchev–Trinajstić information content (AvgIpc) is 2.79. The fourth-order valence-electron chi connectivity index (χ4n) is 3.72. The Morgan fingerprint density at radius 2 is 1.84 bits per heavy atom. The Bertz CT molecular complexity index is 1230. The van der Waals surface area contributed by atoms with Gasteiger partial charge in [0.05, 0.1) is 28.5 Å². The number of benzene rings is 2. The van der Waals surface area contributed by atoms with Crippen LogP contribution < -0.4 is 16.6 Å². The van der Waals surface area contributed by atoms with E-state index < -0.39 is 5.91 Å². The lowest BCUT2D eigenvalue weighted by molar-refractivity contribution is -0.123. The lowest BCUT2D eigenvalue weighted by atomic mass is 9.95. The quantitative estimate of drug-likeness (QED) is 0.588. The second kappa shape index (κ2) is 8.39. The zero-order valence-electron chi connectivity index (χ0n) is 16.6. The highest BCUT2D eigenvalue weighted by Gasteiger charge is 2.27. The van der Waals surface area contributed by atoms with Gasteiger partial charge in [0.2, 0.25) is 5.91 Å². The maximum atomic E-state index is 13.0. The van der Waals surface area contributed by atoms with Crippen LogP contribution in [-0.2, 0) is 4.79 Å². The van der Waals surface area contributed by atoms with E-state index in [9.17, 15) is 19.2 Å². The number of hydrogen-bond acceptors (Lipinski definition) is 5. The van der Waals surface area contributed by atoms with Crippen LogP contribution in [0.15, 0.2) is 53.6 Å². The van der Waals surface area contributed by atoms with E-state index in [2.05, 4.69) is 15.3 Å². The summed E-state index contributed by atoms with van der Waals surface area (Å²) in [6.07, 6.45) is 2.33. The highest BCUT2D eigenvalue weighted by atomic mass is 16.2. The van der Waals surface area contributed by atoms with Gasteiger partial charge in [-0.3, -0.25) is 19.2 Å². The summed E-state index contributed by atoms with van der Waals surface area (Å²) in [5.74, 6) is -1.19. The van der Waals surface area contributed by atoms with Gasteiger partial charge in [0.1, 0.15) is 0 Å². The Morgan fingerprint density at radius 1 is 1.10 bits per heavy atom. The van der Waals surface area contributed by atoms with Crippen molar-refractivity contribution in [1.29, 1.82) is 0 Å². The molecule has 9 nitrogen and oxygen atoms in total. The first-order valence-electron chi connectivity index (χ1n) is 9.90. The zero-order chi connectivity index (χ0) is 22.0. The topological polar surface area (TPSA) is 138 Å². The molecule has 4 N–H and O–H groups in total. The van der Waals surface area contributed by atoms with Crippen molar-refractivity contribution in [3.63, 3.8) is 0 Å². The average molecular weight is 419 g/mol. The number of anilines is 1. The number of aromatic nitrogens is 2. The van der Waals surface area contributed by atoms with Crippen molar-refractivity contribution >= 4 is 34.3 Å². The largest absolute Gasteiger partial charge is 0.369 e. The Kier molecular flexibility index (Phi) is 5.48. The van der Waals surface area contributed by atoms with Crippen molar-refractivity contribution in [1.82, 2.24) is 14.9 Å². The molecule has 0 aliphatic carbocycles. The normalized spacial score (nSPS) is 14.4. The molecule has 1 aliphatic heterocycles. The maximum Gasteiger partial charge on any atom is 0.258 e. The molecule has 3 aromatic rings. The Hall–Kier alpha value is -4.01. The van der Waals surface area contributed by atoms with Crippen LogP contribution in [-0.4, -0.2) is 45.7 Å². The van der Waals surface area contributed by atoms with Crippen molar-refractivity contribution in [2.75, 3.05) is 18.4 Å². The van der Waals surface area contributed by atoms with Crippen LogP contribution in [0.2, 0.25) is 0 Å². The number of piperidine rings is 1. The molecule has 0 spiro atoms. The third kappa shape index (κ3) is 4.16. The number of H-pyrrole nitrogens is 1. The van der Waals surface area contributed by atoms with Crippen LogP contribution in [0.5, 0.6) is 0 Å². The van der Waals surface area contributed by atoms with Crippen molar-refractivity contribution in [2.24, 2.45) is 11.7 Å². The highest BCUT2D eigenvalue weighted by Crippen LogP contribution is 2.23. The van der Waals surface area contributed by atoms with Crippen LogP contribution in [0.3, 0.4) is 0 Å². The Morgan fingerprint density at radius 3 is 2.58 bits per heavy atom. The number of primary amides is 1. The number of fused-ring (bicyclic) bond motifs is 1. The van der Waals surface area contributed by atoms with Crippen LogP contribution in [0.4, 0.5) is 5.69 Å². The molecule has 1 aliphatic rings. The van der Waals surface area contributed by atoms with Crippen LogP contribution in [0.25, 0.3) is 10.9 Å². The summed E-state index contributed by atoms with van der Waals surface area (Å²) >= 11 is 0. The fourth-order valence-corrected chi connectivity index (χ4v) is 3.72. The van der Waals surface area contributed by atoms with E-state index in [1.54, 1.807) is 29.2 Å². The molecule has 2 aromatic carbocycles. The minimum absolute atomic E-state index is 0.215.